The van der Waals surface area contributed by atoms with Crippen LogP contribution < -0.4 is 5.32 Å². The molecule has 3 heteroatoms. The fourth-order valence-corrected chi connectivity index (χ4v) is 1.60. The molecule has 0 unspecified atom stereocenters. The first-order valence-corrected chi connectivity index (χ1v) is 5.91. The highest BCUT2D eigenvalue weighted by atomic mass is 32.2. The van der Waals surface area contributed by atoms with E-state index in [1.807, 2.05) is 18.4 Å². The van der Waals surface area contributed by atoms with Crippen molar-refractivity contribution in [3.05, 3.63) is 29.6 Å². The maximum Gasteiger partial charge on any atom is 0.137 e. The molecule has 1 nitrogen and oxygen atoms in total. The second-order valence-electron chi connectivity index (χ2n) is 3.50. The van der Waals surface area contributed by atoms with Gasteiger partial charge >= 0.3 is 0 Å². The Bertz CT molecular complexity index is 299. The minimum Gasteiger partial charge on any atom is -0.310 e. The highest BCUT2D eigenvalue weighted by Gasteiger charge is 2.02. The van der Waals surface area contributed by atoms with Gasteiger partial charge in [0.15, 0.2) is 0 Å². The summed E-state index contributed by atoms with van der Waals surface area (Å²) in [6, 6.07) is 5.82. The number of halogens is 1. The number of hydrogen-bond acceptors (Lipinski definition) is 2. The predicted molar refractivity (Wildman–Crippen MR) is 60.2 cm³/mol. The van der Waals surface area contributed by atoms with Crippen molar-refractivity contribution in [3.63, 3.8) is 0 Å². The quantitative estimate of drug-likeness (QED) is 0.771. The van der Waals surface area contributed by atoms with Crippen LogP contribution >= 0.6 is 11.8 Å². The van der Waals surface area contributed by atoms with Crippen LogP contribution in [-0.2, 0) is 6.54 Å². The van der Waals surface area contributed by atoms with Crippen molar-refractivity contribution in [1.29, 1.82) is 0 Å². The topological polar surface area (TPSA) is 12.0 Å². The molecule has 0 bridgehead atoms. The fraction of sp³-hybridized carbons (Fsp3) is 0.455. The molecule has 0 aliphatic heterocycles. The summed E-state index contributed by atoms with van der Waals surface area (Å²) in [4.78, 5) is 0.707. The molecule has 78 valence electrons. The molecule has 1 N–H and O–H groups in total. The molecule has 1 rings (SSSR count). The van der Waals surface area contributed by atoms with Gasteiger partial charge in [0.25, 0.3) is 0 Å². The van der Waals surface area contributed by atoms with Gasteiger partial charge in [-0.2, -0.15) is 0 Å². The zero-order valence-electron chi connectivity index (χ0n) is 8.80. The van der Waals surface area contributed by atoms with E-state index >= 15 is 0 Å². The van der Waals surface area contributed by atoms with E-state index in [0.717, 1.165) is 12.1 Å². The summed E-state index contributed by atoms with van der Waals surface area (Å²) in [5.41, 5.74) is 0.994. The summed E-state index contributed by atoms with van der Waals surface area (Å²) < 4.78 is 13.3. The summed E-state index contributed by atoms with van der Waals surface area (Å²) in [5, 5.41) is 3.25. The molecule has 0 spiro atoms. The molecule has 0 radical (unpaired) electrons. The van der Waals surface area contributed by atoms with Crippen molar-refractivity contribution in [2.45, 2.75) is 31.3 Å². The first kappa shape index (κ1) is 11.5. The third kappa shape index (κ3) is 3.31. The maximum atomic E-state index is 13.3. The lowest BCUT2D eigenvalue weighted by molar-refractivity contribution is 0.574. The monoisotopic (exact) mass is 213 g/mol. The Kier molecular flexibility index (Phi) is 4.42. The van der Waals surface area contributed by atoms with Crippen LogP contribution in [0.2, 0.25) is 0 Å². The van der Waals surface area contributed by atoms with Crippen LogP contribution in [0.4, 0.5) is 4.39 Å². The molecule has 0 aliphatic rings. The van der Waals surface area contributed by atoms with Crippen LogP contribution in [0.5, 0.6) is 0 Å². The Labute approximate surface area is 89.1 Å². The van der Waals surface area contributed by atoms with Crippen molar-refractivity contribution in [2.75, 3.05) is 6.26 Å². The molecule has 0 atom stereocenters. The average Bonchev–Trinajstić information content (AvgIpc) is 2.15. The Morgan fingerprint density at radius 1 is 1.43 bits per heavy atom. The molecule has 0 amide bonds. The molecule has 0 fully saturated rings. The van der Waals surface area contributed by atoms with E-state index in [2.05, 4.69) is 19.2 Å². The number of thioether (sulfide) groups is 1. The van der Waals surface area contributed by atoms with Crippen molar-refractivity contribution < 1.29 is 4.39 Å². The van der Waals surface area contributed by atoms with Crippen molar-refractivity contribution in [1.82, 2.24) is 5.32 Å². The van der Waals surface area contributed by atoms with E-state index in [4.69, 9.17) is 0 Å². The second-order valence-corrected chi connectivity index (χ2v) is 4.35. The minimum absolute atomic E-state index is 0.124. The van der Waals surface area contributed by atoms with Crippen LogP contribution in [0.1, 0.15) is 19.4 Å². The van der Waals surface area contributed by atoms with E-state index in [0.29, 0.717) is 10.9 Å². The lowest BCUT2D eigenvalue weighted by Crippen LogP contribution is -2.21. The van der Waals surface area contributed by atoms with Gasteiger partial charge in [0.05, 0.1) is 0 Å². The van der Waals surface area contributed by atoms with Gasteiger partial charge < -0.3 is 5.32 Å². The molecule has 0 aliphatic carbocycles. The number of rotatable bonds is 4. The second kappa shape index (κ2) is 5.37. The number of hydrogen-bond donors (Lipinski definition) is 1. The lowest BCUT2D eigenvalue weighted by atomic mass is 10.2. The van der Waals surface area contributed by atoms with Crippen LogP contribution in [0.15, 0.2) is 23.1 Å². The molecule has 1 aromatic carbocycles. The SMILES string of the molecule is CSc1ccc(CNC(C)C)cc1F. The Morgan fingerprint density at radius 2 is 2.14 bits per heavy atom. The van der Waals surface area contributed by atoms with Crippen LogP contribution in [0.25, 0.3) is 0 Å². The van der Waals surface area contributed by atoms with Crippen molar-refractivity contribution >= 4 is 11.8 Å². The third-order valence-corrected chi connectivity index (χ3v) is 2.70. The molecule has 0 saturated heterocycles. The van der Waals surface area contributed by atoms with E-state index in [1.165, 1.54) is 11.8 Å². The molecular weight excluding hydrogens is 197 g/mol. The third-order valence-electron chi connectivity index (χ3n) is 1.93. The normalized spacial score (nSPS) is 10.9. The summed E-state index contributed by atoms with van der Waals surface area (Å²) in [5.74, 6) is -0.124. The lowest BCUT2D eigenvalue weighted by Gasteiger charge is -2.08. The van der Waals surface area contributed by atoms with Crippen LogP contribution in [-0.4, -0.2) is 12.3 Å². The van der Waals surface area contributed by atoms with E-state index in [9.17, 15) is 4.39 Å². The molecule has 0 aromatic heterocycles. The summed E-state index contributed by atoms with van der Waals surface area (Å²) >= 11 is 1.43. The Balaban J connectivity index is 2.66. The van der Waals surface area contributed by atoms with Crippen molar-refractivity contribution in [3.8, 4) is 0 Å². The van der Waals surface area contributed by atoms with Crippen LogP contribution in [0.3, 0.4) is 0 Å². The average molecular weight is 213 g/mol. The van der Waals surface area contributed by atoms with Gasteiger partial charge in [0, 0.05) is 17.5 Å². The Morgan fingerprint density at radius 3 is 2.64 bits per heavy atom. The first-order chi connectivity index (χ1) is 6.63. The van der Waals surface area contributed by atoms with Gasteiger partial charge in [0.1, 0.15) is 5.82 Å². The Hall–Kier alpha value is -0.540. The summed E-state index contributed by atoms with van der Waals surface area (Å²) in [7, 11) is 0. The van der Waals surface area contributed by atoms with E-state index in [1.54, 1.807) is 6.07 Å². The van der Waals surface area contributed by atoms with Gasteiger partial charge in [-0.05, 0) is 24.0 Å². The molecule has 0 heterocycles. The van der Waals surface area contributed by atoms with Gasteiger partial charge in [-0.3, -0.25) is 0 Å². The molecule has 0 saturated carbocycles. The zero-order valence-corrected chi connectivity index (χ0v) is 9.62. The fourth-order valence-electron chi connectivity index (χ4n) is 1.14. The van der Waals surface area contributed by atoms with Gasteiger partial charge in [-0.25, -0.2) is 4.39 Å². The number of nitrogens with one attached hydrogen (secondary N) is 1. The van der Waals surface area contributed by atoms with Gasteiger partial charge in [-0.1, -0.05) is 19.9 Å². The number of benzene rings is 1. The van der Waals surface area contributed by atoms with Crippen molar-refractivity contribution in [2.24, 2.45) is 0 Å². The maximum absolute atomic E-state index is 13.3. The van der Waals surface area contributed by atoms with Gasteiger partial charge in [0.2, 0.25) is 0 Å². The van der Waals surface area contributed by atoms with Gasteiger partial charge in [-0.15, -0.1) is 11.8 Å². The van der Waals surface area contributed by atoms with Crippen LogP contribution in [0, 0.1) is 5.82 Å². The standard InChI is InChI=1S/C11H16FNS/c1-8(2)13-7-9-4-5-11(14-3)10(12)6-9/h4-6,8,13H,7H2,1-3H3. The predicted octanol–water partition coefficient (Wildman–Crippen LogP) is 3.05. The zero-order chi connectivity index (χ0) is 10.6. The van der Waals surface area contributed by atoms with E-state index in [-0.39, 0.29) is 5.82 Å². The summed E-state index contributed by atoms with van der Waals surface area (Å²) in [6.07, 6.45) is 1.88. The minimum atomic E-state index is -0.124. The largest absolute Gasteiger partial charge is 0.310 e. The highest BCUT2D eigenvalue weighted by Crippen LogP contribution is 2.19. The first-order valence-electron chi connectivity index (χ1n) is 4.69. The highest BCUT2D eigenvalue weighted by molar-refractivity contribution is 7.98. The summed E-state index contributed by atoms with van der Waals surface area (Å²) in [6.45, 7) is 4.88. The van der Waals surface area contributed by atoms with E-state index < -0.39 is 0 Å². The molecule has 14 heavy (non-hydrogen) atoms. The molecule has 1 aromatic rings. The smallest absolute Gasteiger partial charge is 0.137 e. The molecular formula is C11H16FNS.